The smallest absolute Gasteiger partial charge is 0.323 e. The summed E-state index contributed by atoms with van der Waals surface area (Å²) >= 11 is 0. The lowest BCUT2D eigenvalue weighted by atomic mass is 10.4. The van der Waals surface area contributed by atoms with Gasteiger partial charge in [-0.15, -0.1) is 11.5 Å². The Labute approximate surface area is 91.5 Å². The van der Waals surface area contributed by atoms with Gasteiger partial charge in [0.2, 0.25) is 5.82 Å². The van der Waals surface area contributed by atoms with Crippen molar-refractivity contribution in [2.24, 2.45) is 0 Å². The number of amides is 1. The molecule has 1 aromatic rings. The molecule has 1 heterocycles. The molecule has 0 radical (unpaired) electrons. The number of hydrogen-bond acceptors (Lipinski definition) is 4. The topological polar surface area (TPSA) is 99.2 Å². The summed E-state index contributed by atoms with van der Waals surface area (Å²) in [5.74, 6) is 0.840. The minimum Gasteiger partial charge on any atom is -0.480 e. The molecule has 0 atom stereocenters. The molecule has 0 aliphatic carbocycles. The van der Waals surface area contributed by atoms with E-state index in [1.165, 1.54) is 0 Å². The Morgan fingerprint density at radius 3 is 2.75 bits per heavy atom. The van der Waals surface area contributed by atoms with E-state index in [1.54, 1.807) is 6.92 Å². The zero-order valence-electron chi connectivity index (χ0n) is 8.60. The second kappa shape index (κ2) is 4.93. The van der Waals surface area contributed by atoms with Gasteiger partial charge < -0.3 is 10.0 Å². The fourth-order valence-corrected chi connectivity index (χ4v) is 1.05. The van der Waals surface area contributed by atoms with E-state index >= 15 is 0 Å². The first-order valence-electron chi connectivity index (χ1n) is 4.38. The molecule has 16 heavy (non-hydrogen) atoms. The average Bonchev–Trinajstić information content (AvgIpc) is 2.62. The number of carboxylic acid groups (broad SMARTS) is 1. The highest BCUT2D eigenvalue weighted by molar-refractivity contribution is 5.92. The third-order valence-corrected chi connectivity index (χ3v) is 1.68. The van der Waals surface area contributed by atoms with Gasteiger partial charge in [0.1, 0.15) is 12.4 Å². The van der Waals surface area contributed by atoms with Crippen LogP contribution in [0.1, 0.15) is 16.4 Å². The average molecular weight is 222 g/mol. The standard InChI is InChI=1S/C9H10N4O3/c1-3-4-13(5-7(14)15)9(16)8-10-6(2)11-12-8/h1H,4-5H2,2H3,(H,14,15)(H,10,11,12). The lowest BCUT2D eigenvalue weighted by Crippen LogP contribution is -2.36. The Kier molecular flexibility index (Phi) is 3.61. The molecule has 0 aliphatic rings. The number of H-pyrrole nitrogens is 1. The van der Waals surface area contributed by atoms with Gasteiger partial charge in [-0.1, -0.05) is 5.92 Å². The monoisotopic (exact) mass is 222 g/mol. The van der Waals surface area contributed by atoms with Crippen LogP contribution in [0.3, 0.4) is 0 Å². The lowest BCUT2D eigenvalue weighted by molar-refractivity contribution is -0.137. The fourth-order valence-electron chi connectivity index (χ4n) is 1.05. The highest BCUT2D eigenvalue weighted by Crippen LogP contribution is 1.99. The number of aryl methyl sites for hydroxylation is 1. The summed E-state index contributed by atoms with van der Waals surface area (Å²) < 4.78 is 0. The van der Waals surface area contributed by atoms with Gasteiger partial charge in [0.25, 0.3) is 5.91 Å². The zero-order chi connectivity index (χ0) is 12.1. The molecule has 2 N–H and O–H groups in total. The first-order valence-corrected chi connectivity index (χ1v) is 4.38. The van der Waals surface area contributed by atoms with E-state index in [-0.39, 0.29) is 12.4 Å². The summed E-state index contributed by atoms with van der Waals surface area (Å²) in [4.78, 5) is 27.0. The Balaban J connectivity index is 2.83. The Hall–Kier alpha value is -2.36. The van der Waals surface area contributed by atoms with Crippen LogP contribution in [0.2, 0.25) is 0 Å². The van der Waals surface area contributed by atoms with Crippen molar-refractivity contribution in [3.05, 3.63) is 11.6 Å². The maximum Gasteiger partial charge on any atom is 0.323 e. The van der Waals surface area contributed by atoms with Gasteiger partial charge >= 0.3 is 5.97 Å². The van der Waals surface area contributed by atoms with Crippen LogP contribution >= 0.6 is 0 Å². The number of nitrogens with one attached hydrogen (secondary N) is 1. The van der Waals surface area contributed by atoms with Gasteiger partial charge in [-0.2, -0.15) is 0 Å². The highest BCUT2D eigenvalue weighted by atomic mass is 16.4. The molecule has 0 aliphatic heterocycles. The van der Waals surface area contributed by atoms with Gasteiger partial charge in [0, 0.05) is 0 Å². The predicted molar refractivity (Wildman–Crippen MR) is 53.5 cm³/mol. The third-order valence-electron chi connectivity index (χ3n) is 1.68. The number of terminal acetylenes is 1. The van der Waals surface area contributed by atoms with Gasteiger partial charge in [0.15, 0.2) is 0 Å². The van der Waals surface area contributed by atoms with E-state index in [4.69, 9.17) is 11.5 Å². The number of carbonyl (C=O) groups excluding carboxylic acids is 1. The predicted octanol–water partition coefficient (Wildman–Crippen LogP) is -0.727. The van der Waals surface area contributed by atoms with Crippen molar-refractivity contribution in [2.45, 2.75) is 6.92 Å². The van der Waals surface area contributed by atoms with Crippen LogP contribution in [0.25, 0.3) is 0 Å². The molecular formula is C9H10N4O3. The third kappa shape index (κ3) is 2.81. The summed E-state index contributed by atoms with van der Waals surface area (Å²) in [6.45, 7) is 1.06. The highest BCUT2D eigenvalue weighted by Gasteiger charge is 2.21. The van der Waals surface area contributed by atoms with Gasteiger partial charge in [-0.25, -0.2) is 4.98 Å². The van der Waals surface area contributed by atoms with E-state index in [0.717, 1.165) is 4.90 Å². The van der Waals surface area contributed by atoms with E-state index in [0.29, 0.717) is 5.82 Å². The molecule has 0 saturated carbocycles. The van der Waals surface area contributed by atoms with E-state index in [9.17, 15) is 9.59 Å². The molecule has 84 valence electrons. The lowest BCUT2D eigenvalue weighted by Gasteiger charge is -2.15. The number of hydrogen-bond donors (Lipinski definition) is 2. The summed E-state index contributed by atoms with van der Waals surface area (Å²) in [6, 6.07) is 0. The molecule has 1 rings (SSSR count). The van der Waals surface area contributed by atoms with Crippen LogP contribution < -0.4 is 0 Å². The zero-order valence-corrected chi connectivity index (χ0v) is 8.60. The molecule has 0 unspecified atom stereocenters. The summed E-state index contributed by atoms with van der Waals surface area (Å²) in [5.41, 5.74) is 0. The van der Waals surface area contributed by atoms with Crippen LogP contribution in [0.15, 0.2) is 0 Å². The quantitative estimate of drug-likeness (QED) is 0.654. The number of aromatic nitrogens is 3. The minimum absolute atomic E-state index is 0.0889. The van der Waals surface area contributed by atoms with Crippen LogP contribution in [0, 0.1) is 19.3 Å². The van der Waals surface area contributed by atoms with E-state index in [1.807, 2.05) is 0 Å². The van der Waals surface area contributed by atoms with Crippen LogP contribution in [-0.2, 0) is 4.79 Å². The maximum atomic E-state index is 11.7. The largest absolute Gasteiger partial charge is 0.480 e. The number of nitrogens with zero attached hydrogens (tertiary/aromatic N) is 3. The summed E-state index contributed by atoms with van der Waals surface area (Å²) in [5, 5.41) is 14.7. The second-order valence-corrected chi connectivity index (χ2v) is 3.00. The number of carbonyl (C=O) groups is 2. The number of aliphatic carboxylic acids is 1. The number of aromatic amines is 1. The first-order chi connectivity index (χ1) is 7.54. The normalized spacial score (nSPS) is 9.50. The fraction of sp³-hybridized carbons (Fsp3) is 0.333. The molecule has 7 nitrogen and oxygen atoms in total. The van der Waals surface area contributed by atoms with Gasteiger partial charge in [-0.05, 0) is 6.92 Å². The van der Waals surface area contributed by atoms with E-state index < -0.39 is 18.4 Å². The van der Waals surface area contributed by atoms with Crippen molar-refractivity contribution >= 4 is 11.9 Å². The Bertz CT molecular complexity index is 446. The van der Waals surface area contributed by atoms with Gasteiger partial charge in [0.05, 0.1) is 6.54 Å². The van der Waals surface area contributed by atoms with Crippen molar-refractivity contribution in [2.75, 3.05) is 13.1 Å². The van der Waals surface area contributed by atoms with Crippen LogP contribution in [0.5, 0.6) is 0 Å². The van der Waals surface area contributed by atoms with Crippen LogP contribution in [0.4, 0.5) is 0 Å². The Morgan fingerprint density at radius 2 is 2.31 bits per heavy atom. The number of carboxylic acids is 1. The van der Waals surface area contributed by atoms with Crippen molar-refractivity contribution in [3.63, 3.8) is 0 Å². The van der Waals surface area contributed by atoms with Crippen LogP contribution in [-0.4, -0.2) is 50.2 Å². The molecule has 7 heteroatoms. The minimum atomic E-state index is -1.14. The van der Waals surface area contributed by atoms with E-state index in [2.05, 4.69) is 21.1 Å². The molecule has 0 saturated heterocycles. The number of rotatable bonds is 4. The molecule has 0 fully saturated rings. The first kappa shape index (κ1) is 11.7. The van der Waals surface area contributed by atoms with Crippen molar-refractivity contribution in [1.82, 2.24) is 20.1 Å². The molecular weight excluding hydrogens is 212 g/mol. The Morgan fingerprint density at radius 1 is 1.62 bits per heavy atom. The molecule has 0 aromatic carbocycles. The van der Waals surface area contributed by atoms with Crippen molar-refractivity contribution in [1.29, 1.82) is 0 Å². The van der Waals surface area contributed by atoms with Crippen molar-refractivity contribution < 1.29 is 14.7 Å². The molecule has 1 amide bonds. The molecule has 0 bridgehead atoms. The maximum absolute atomic E-state index is 11.7. The van der Waals surface area contributed by atoms with Gasteiger partial charge in [-0.3, -0.25) is 14.7 Å². The summed E-state index contributed by atoms with van der Waals surface area (Å²) in [7, 11) is 0. The second-order valence-electron chi connectivity index (χ2n) is 3.00. The molecule has 1 aromatic heterocycles. The summed E-state index contributed by atoms with van der Waals surface area (Å²) in [6.07, 6.45) is 5.04. The molecule has 0 spiro atoms. The van der Waals surface area contributed by atoms with Crippen molar-refractivity contribution in [3.8, 4) is 12.3 Å². The SMILES string of the molecule is C#CCN(CC(=O)O)C(=O)c1n[nH]c(C)n1.